The van der Waals surface area contributed by atoms with Crippen molar-refractivity contribution in [2.75, 3.05) is 0 Å². The number of rotatable bonds is 9. The maximum atomic E-state index is 6.71. The van der Waals surface area contributed by atoms with E-state index in [0.29, 0.717) is 11.5 Å². The molecule has 3 aromatic heterocycles. The second-order valence-corrected chi connectivity index (χ2v) is 22.4. The molecule has 0 amide bonds. The second kappa shape index (κ2) is 17.8. The molecule has 0 saturated heterocycles. The van der Waals surface area contributed by atoms with E-state index < -0.39 is 0 Å². The molecule has 9 aromatic rings. The predicted molar refractivity (Wildman–Crippen MR) is 276 cm³/mol. The van der Waals surface area contributed by atoms with Gasteiger partial charge in [-0.3, -0.25) is 4.57 Å². The smallest absolute Gasteiger partial charge is 0.267 e. The van der Waals surface area contributed by atoms with Crippen LogP contribution in [0.5, 0.6) is 11.5 Å². The van der Waals surface area contributed by atoms with Gasteiger partial charge in [0.1, 0.15) is 5.82 Å². The van der Waals surface area contributed by atoms with E-state index in [2.05, 4.69) is 245 Å². The van der Waals surface area contributed by atoms with Gasteiger partial charge in [0, 0.05) is 61.3 Å². The Morgan fingerprint density at radius 3 is 1.75 bits per heavy atom. The van der Waals surface area contributed by atoms with Gasteiger partial charge in [-0.25, -0.2) is 4.98 Å². The summed E-state index contributed by atoms with van der Waals surface area (Å²) in [7, 11) is 0. The first-order chi connectivity index (χ1) is 31.6. The van der Waals surface area contributed by atoms with Crippen LogP contribution in [0.4, 0.5) is 0 Å². The number of nitrogens with zero attached hydrogens (tertiary/aromatic N) is 4. The SMILES string of the molecule is CC(C)(C)c1cc(-[n+]2[c-]n(-c3[c-]c(Oc4[c-]c5c(cc4)c4cc(C(C)(C)C)ccc4n5-c4cc(C(C)(C)c5ccccc5)ccn4)ccc3)cc2C(C)(C)C)cc(C(C)(C)c2ccccc2)c1.[Pt]. The van der Waals surface area contributed by atoms with E-state index in [9.17, 15) is 0 Å². The summed E-state index contributed by atoms with van der Waals surface area (Å²) in [5.41, 5.74) is 11.8. The van der Waals surface area contributed by atoms with Crippen molar-refractivity contribution in [3.05, 3.63) is 209 Å². The first-order valence-electron chi connectivity index (χ1n) is 23.6. The molecule has 0 fully saturated rings. The first-order valence-corrected chi connectivity index (χ1v) is 23.6. The third kappa shape index (κ3) is 9.27. The molecule has 0 bridgehead atoms. The average Bonchev–Trinajstić information content (AvgIpc) is 3.90. The Labute approximate surface area is 419 Å². The molecule has 0 aliphatic carbocycles. The fourth-order valence-electron chi connectivity index (χ4n) is 9.17. The van der Waals surface area contributed by atoms with Gasteiger partial charge in [-0.05, 0) is 91.0 Å². The van der Waals surface area contributed by atoms with Gasteiger partial charge in [0.05, 0.1) is 11.4 Å². The van der Waals surface area contributed by atoms with Crippen LogP contribution in [-0.4, -0.2) is 14.1 Å². The van der Waals surface area contributed by atoms with Gasteiger partial charge < -0.3 is 13.9 Å². The largest absolute Gasteiger partial charge is 0.510 e. The van der Waals surface area contributed by atoms with Crippen LogP contribution in [0, 0.1) is 18.5 Å². The zero-order valence-corrected chi connectivity index (χ0v) is 44.2. The molecule has 0 aliphatic rings. The monoisotopic (exact) mass is 1080 g/mol. The van der Waals surface area contributed by atoms with Gasteiger partial charge in [-0.15, -0.1) is 29.7 Å². The topological polar surface area (TPSA) is 35.9 Å². The molecular weight excluding hydrogens is 1010 g/mol. The van der Waals surface area contributed by atoms with Crippen LogP contribution in [0.2, 0.25) is 0 Å². The van der Waals surface area contributed by atoms with Gasteiger partial charge in [0.2, 0.25) is 0 Å². The minimum atomic E-state index is -0.237. The molecule has 3 heterocycles. The van der Waals surface area contributed by atoms with Crippen LogP contribution in [0.25, 0.3) is 39.0 Å². The zero-order valence-electron chi connectivity index (χ0n) is 41.9. The quantitative estimate of drug-likeness (QED) is 0.107. The molecule has 0 spiro atoms. The Kier molecular flexibility index (Phi) is 12.7. The Morgan fingerprint density at radius 1 is 0.500 bits per heavy atom. The minimum Gasteiger partial charge on any atom is -0.510 e. The molecule has 6 heteroatoms. The number of benzene rings is 6. The zero-order chi connectivity index (χ0) is 47.7. The third-order valence-electron chi connectivity index (χ3n) is 13.7. The van der Waals surface area contributed by atoms with E-state index in [1.165, 1.54) is 33.4 Å². The van der Waals surface area contributed by atoms with Gasteiger partial charge in [0.25, 0.3) is 6.33 Å². The molecular formula is C62H64N4OPt-2. The van der Waals surface area contributed by atoms with Crippen LogP contribution in [0.3, 0.4) is 0 Å². The number of imidazole rings is 1. The van der Waals surface area contributed by atoms with Gasteiger partial charge in [-0.2, -0.15) is 18.2 Å². The van der Waals surface area contributed by atoms with Crippen molar-refractivity contribution in [2.24, 2.45) is 0 Å². The number of ether oxygens (including phenoxy) is 1. The molecule has 0 N–H and O–H groups in total. The van der Waals surface area contributed by atoms with Crippen molar-refractivity contribution < 1.29 is 30.4 Å². The number of pyridine rings is 1. The van der Waals surface area contributed by atoms with Crippen LogP contribution in [0.15, 0.2) is 152 Å². The summed E-state index contributed by atoms with van der Waals surface area (Å²) in [5, 5.41) is 2.25. The van der Waals surface area contributed by atoms with Crippen molar-refractivity contribution in [1.82, 2.24) is 14.1 Å². The van der Waals surface area contributed by atoms with Crippen molar-refractivity contribution >= 4 is 21.8 Å². The summed E-state index contributed by atoms with van der Waals surface area (Å²) >= 11 is 0. The number of aromatic nitrogens is 4. The summed E-state index contributed by atoms with van der Waals surface area (Å²) in [6.45, 7) is 29.6. The predicted octanol–water partition coefficient (Wildman–Crippen LogP) is 15.0. The molecule has 0 unspecified atom stereocenters. The van der Waals surface area contributed by atoms with E-state index in [-0.39, 0.29) is 48.1 Å². The normalized spacial score (nSPS) is 12.7. The third-order valence-corrected chi connectivity index (χ3v) is 13.7. The standard InChI is InChI=1S/C62H64N4O.Pt/c1-58(2,3)44-27-30-54-53(36-44)52-29-28-51(39-55(52)66(54)57-37-45(31-32-63-57)61(10,11)42-21-16-14-17-22-42)67-50-26-20-25-48(38-50)64-40-56(60(7,8)9)65(41-64)49-34-46(59(4,5)6)33-47(35-49)62(12,13)43-23-18-15-19-24-43;/h14-37,40H,1-13H3;/q-2;. The Morgan fingerprint density at radius 2 is 1.12 bits per heavy atom. The second-order valence-electron chi connectivity index (χ2n) is 22.4. The molecule has 6 aromatic carbocycles. The van der Waals surface area contributed by atoms with E-state index in [0.717, 1.165) is 44.7 Å². The minimum absolute atomic E-state index is 0. The van der Waals surface area contributed by atoms with Crippen molar-refractivity contribution in [3.8, 4) is 28.7 Å². The van der Waals surface area contributed by atoms with Crippen LogP contribution in [-0.2, 0) is 48.1 Å². The Hall–Kier alpha value is -6.03. The van der Waals surface area contributed by atoms with Crippen LogP contribution < -0.4 is 9.30 Å². The molecule has 68 heavy (non-hydrogen) atoms. The molecule has 0 saturated carbocycles. The van der Waals surface area contributed by atoms with Crippen LogP contribution >= 0.6 is 0 Å². The molecule has 9 rings (SSSR count). The summed E-state index contributed by atoms with van der Waals surface area (Å²) in [6.07, 6.45) is 7.85. The maximum Gasteiger partial charge on any atom is 0.267 e. The summed E-state index contributed by atoms with van der Waals surface area (Å²) in [5.74, 6) is 2.02. The van der Waals surface area contributed by atoms with Crippen LogP contribution in [0.1, 0.15) is 129 Å². The molecule has 0 aliphatic heterocycles. The van der Waals surface area contributed by atoms with E-state index in [1.807, 2.05) is 29.0 Å². The molecule has 5 nitrogen and oxygen atoms in total. The Balaban J connectivity index is 0.00000625. The molecule has 0 radical (unpaired) electrons. The van der Waals surface area contributed by atoms with Crippen molar-refractivity contribution in [2.45, 2.75) is 117 Å². The summed E-state index contributed by atoms with van der Waals surface area (Å²) < 4.78 is 13.2. The summed E-state index contributed by atoms with van der Waals surface area (Å²) in [6, 6.07) is 57.2. The van der Waals surface area contributed by atoms with Gasteiger partial charge in [-0.1, -0.05) is 174 Å². The maximum absolute atomic E-state index is 6.71. The fraction of sp³-hybridized carbons (Fsp3) is 0.290. The van der Waals surface area contributed by atoms with E-state index in [4.69, 9.17) is 9.72 Å². The number of hydrogen-bond donors (Lipinski definition) is 0. The number of hydrogen-bond acceptors (Lipinski definition) is 2. The van der Waals surface area contributed by atoms with Crippen molar-refractivity contribution in [3.63, 3.8) is 0 Å². The van der Waals surface area contributed by atoms with Gasteiger partial charge >= 0.3 is 0 Å². The molecule has 0 atom stereocenters. The van der Waals surface area contributed by atoms with Crippen molar-refractivity contribution in [1.29, 1.82) is 0 Å². The van der Waals surface area contributed by atoms with E-state index >= 15 is 0 Å². The molecule has 350 valence electrons. The first kappa shape index (κ1) is 48.4. The Bertz CT molecular complexity index is 3260. The fourth-order valence-corrected chi connectivity index (χ4v) is 9.17. The number of fused-ring (bicyclic) bond motifs is 3. The average molecular weight is 1080 g/mol. The van der Waals surface area contributed by atoms with E-state index in [1.54, 1.807) is 0 Å². The van der Waals surface area contributed by atoms with Gasteiger partial charge in [0.15, 0.2) is 0 Å². The summed E-state index contributed by atoms with van der Waals surface area (Å²) in [4.78, 5) is 5.00.